The Morgan fingerprint density at radius 1 is 1.21 bits per heavy atom. The summed E-state index contributed by atoms with van der Waals surface area (Å²) in [5.74, 6) is 0.583. The molecular formula is C22H27N3O4. The van der Waals surface area contributed by atoms with Gasteiger partial charge in [-0.25, -0.2) is 0 Å². The second-order valence-electron chi connectivity index (χ2n) is 7.61. The summed E-state index contributed by atoms with van der Waals surface area (Å²) < 4.78 is 4.97. The van der Waals surface area contributed by atoms with Gasteiger partial charge in [0, 0.05) is 24.7 Å². The zero-order valence-corrected chi connectivity index (χ0v) is 16.9. The van der Waals surface area contributed by atoms with Gasteiger partial charge in [-0.15, -0.1) is 0 Å². The van der Waals surface area contributed by atoms with E-state index in [0.29, 0.717) is 6.54 Å². The second kappa shape index (κ2) is 9.52. The minimum atomic E-state index is -0.555. The van der Waals surface area contributed by atoms with Crippen molar-refractivity contribution in [3.8, 4) is 5.75 Å². The summed E-state index contributed by atoms with van der Waals surface area (Å²) in [4.78, 5) is 25.5. The van der Waals surface area contributed by atoms with Crippen molar-refractivity contribution < 1.29 is 14.5 Å². The number of nitro benzene ring substituents is 1. The van der Waals surface area contributed by atoms with Crippen LogP contribution in [-0.4, -0.2) is 35.9 Å². The number of nitrogens with zero attached hydrogens (tertiary/aromatic N) is 2. The molecule has 0 spiro atoms. The molecule has 0 unspecified atom stereocenters. The molecule has 29 heavy (non-hydrogen) atoms. The minimum Gasteiger partial charge on any atom is -0.490 e. The zero-order valence-electron chi connectivity index (χ0n) is 16.9. The Hall–Kier alpha value is -2.93. The Morgan fingerprint density at radius 3 is 2.62 bits per heavy atom. The van der Waals surface area contributed by atoms with E-state index in [0.717, 1.165) is 31.1 Å². The van der Waals surface area contributed by atoms with Crippen LogP contribution in [0.5, 0.6) is 5.75 Å². The van der Waals surface area contributed by atoms with Crippen molar-refractivity contribution in [1.82, 2.24) is 10.2 Å². The number of ether oxygens (including phenoxy) is 1. The molecule has 0 aromatic heterocycles. The summed E-state index contributed by atoms with van der Waals surface area (Å²) in [5.41, 5.74) is 2.24. The van der Waals surface area contributed by atoms with Gasteiger partial charge >= 0.3 is 5.69 Å². The average molecular weight is 397 g/mol. The molecule has 0 bridgehead atoms. The molecule has 1 saturated heterocycles. The maximum Gasteiger partial charge on any atom is 0.311 e. The van der Waals surface area contributed by atoms with Crippen LogP contribution in [0.3, 0.4) is 0 Å². The van der Waals surface area contributed by atoms with Crippen molar-refractivity contribution in [2.45, 2.75) is 32.9 Å². The third kappa shape index (κ3) is 5.54. The first-order valence-corrected chi connectivity index (χ1v) is 9.87. The number of methoxy groups -OCH3 is 1. The van der Waals surface area contributed by atoms with Crippen LogP contribution in [0.4, 0.5) is 5.69 Å². The molecule has 7 nitrogen and oxygen atoms in total. The smallest absolute Gasteiger partial charge is 0.311 e. The molecule has 0 radical (unpaired) electrons. The van der Waals surface area contributed by atoms with E-state index in [1.165, 1.54) is 43.7 Å². The van der Waals surface area contributed by atoms with E-state index in [-0.39, 0.29) is 22.9 Å². The molecule has 0 saturated carbocycles. The van der Waals surface area contributed by atoms with Gasteiger partial charge in [0.2, 0.25) is 0 Å². The van der Waals surface area contributed by atoms with Crippen LogP contribution in [0, 0.1) is 16.0 Å². The Balaban J connectivity index is 1.60. The lowest BCUT2D eigenvalue weighted by atomic mass is 9.98. The summed E-state index contributed by atoms with van der Waals surface area (Å²) in [7, 11) is 1.36. The van der Waals surface area contributed by atoms with Gasteiger partial charge in [-0.3, -0.25) is 19.8 Å². The number of nitrogens with one attached hydrogen (secondary N) is 1. The van der Waals surface area contributed by atoms with Gasteiger partial charge in [-0.1, -0.05) is 31.2 Å². The van der Waals surface area contributed by atoms with E-state index in [4.69, 9.17) is 4.74 Å². The topological polar surface area (TPSA) is 84.7 Å². The number of carbonyl (C=O) groups excluding carboxylic acids is 1. The van der Waals surface area contributed by atoms with Crippen LogP contribution in [0.25, 0.3) is 0 Å². The predicted octanol–water partition coefficient (Wildman–Crippen LogP) is 3.77. The lowest BCUT2D eigenvalue weighted by Gasteiger charge is -2.30. The molecule has 1 amide bonds. The summed E-state index contributed by atoms with van der Waals surface area (Å²) in [5, 5.41) is 14.0. The Kier molecular flexibility index (Phi) is 6.82. The summed E-state index contributed by atoms with van der Waals surface area (Å²) in [6, 6.07) is 12.4. The number of piperidine rings is 1. The summed E-state index contributed by atoms with van der Waals surface area (Å²) in [6.07, 6.45) is 2.48. The molecular weight excluding hydrogens is 370 g/mol. The first-order chi connectivity index (χ1) is 14.0. The van der Waals surface area contributed by atoms with Gasteiger partial charge in [0.15, 0.2) is 5.75 Å². The highest BCUT2D eigenvalue weighted by Crippen LogP contribution is 2.27. The van der Waals surface area contributed by atoms with Gasteiger partial charge in [0.25, 0.3) is 5.91 Å². The molecule has 3 rings (SSSR count). The molecule has 7 heteroatoms. The third-order valence-corrected chi connectivity index (χ3v) is 5.36. The van der Waals surface area contributed by atoms with Crippen LogP contribution in [-0.2, 0) is 13.1 Å². The fourth-order valence-corrected chi connectivity index (χ4v) is 3.57. The number of rotatable bonds is 7. The Bertz CT molecular complexity index is 876. The van der Waals surface area contributed by atoms with E-state index in [1.54, 1.807) is 0 Å². The lowest BCUT2D eigenvalue weighted by Crippen LogP contribution is -2.32. The number of hydrogen-bond donors (Lipinski definition) is 1. The van der Waals surface area contributed by atoms with Crippen LogP contribution >= 0.6 is 0 Å². The number of hydrogen-bond acceptors (Lipinski definition) is 5. The molecule has 1 heterocycles. The predicted molar refractivity (Wildman–Crippen MR) is 111 cm³/mol. The van der Waals surface area contributed by atoms with Gasteiger partial charge in [0.05, 0.1) is 12.0 Å². The third-order valence-electron chi connectivity index (χ3n) is 5.36. The Labute approximate surface area is 170 Å². The molecule has 1 N–H and O–H groups in total. The standard InChI is InChI=1S/C22H27N3O4/c1-16-8-10-24(11-9-16)15-18-5-3-4-17(12-18)14-23-22(26)19-6-7-21(29-2)20(13-19)25(27)28/h3-7,12-13,16H,8-11,14-15H2,1-2H3,(H,23,26). The summed E-state index contributed by atoms with van der Waals surface area (Å²) >= 11 is 0. The first-order valence-electron chi connectivity index (χ1n) is 9.87. The maximum absolute atomic E-state index is 12.4. The van der Waals surface area contributed by atoms with Crippen molar-refractivity contribution in [2.75, 3.05) is 20.2 Å². The molecule has 2 aromatic carbocycles. The van der Waals surface area contributed by atoms with E-state index in [2.05, 4.69) is 29.3 Å². The van der Waals surface area contributed by atoms with Crippen molar-refractivity contribution >= 4 is 11.6 Å². The number of amides is 1. The highest BCUT2D eigenvalue weighted by molar-refractivity contribution is 5.95. The van der Waals surface area contributed by atoms with Gasteiger partial charge < -0.3 is 10.1 Å². The number of nitro groups is 1. The van der Waals surface area contributed by atoms with Crippen LogP contribution in [0.15, 0.2) is 42.5 Å². The van der Waals surface area contributed by atoms with Gasteiger partial charge in [-0.2, -0.15) is 0 Å². The van der Waals surface area contributed by atoms with E-state index >= 15 is 0 Å². The van der Waals surface area contributed by atoms with Gasteiger partial charge in [0.1, 0.15) is 0 Å². The van der Waals surface area contributed by atoms with E-state index < -0.39 is 4.92 Å². The quantitative estimate of drug-likeness (QED) is 0.568. The van der Waals surface area contributed by atoms with Gasteiger partial charge in [-0.05, 0) is 55.1 Å². The molecule has 0 atom stereocenters. The maximum atomic E-state index is 12.4. The number of carbonyl (C=O) groups is 1. The van der Waals surface area contributed by atoms with E-state index in [9.17, 15) is 14.9 Å². The van der Waals surface area contributed by atoms with Crippen molar-refractivity contribution in [2.24, 2.45) is 5.92 Å². The fourth-order valence-electron chi connectivity index (χ4n) is 3.57. The minimum absolute atomic E-state index is 0.131. The zero-order chi connectivity index (χ0) is 20.8. The van der Waals surface area contributed by atoms with Crippen molar-refractivity contribution in [3.05, 3.63) is 69.3 Å². The van der Waals surface area contributed by atoms with Crippen LogP contribution in [0.2, 0.25) is 0 Å². The highest BCUT2D eigenvalue weighted by atomic mass is 16.6. The SMILES string of the molecule is COc1ccc(C(=O)NCc2cccc(CN3CCC(C)CC3)c2)cc1[N+](=O)[O-]. The highest BCUT2D eigenvalue weighted by Gasteiger charge is 2.18. The number of likely N-dealkylation sites (tertiary alicyclic amines) is 1. The summed E-state index contributed by atoms with van der Waals surface area (Å²) in [6.45, 7) is 5.83. The largest absolute Gasteiger partial charge is 0.490 e. The molecule has 1 aliphatic rings. The van der Waals surface area contributed by atoms with Crippen molar-refractivity contribution in [1.29, 1.82) is 0 Å². The van der Waals surface area contributed by atoms with Crippen molar-refractivity contribution in [3.63, 3.8) is 0 Å². The average Bonchev–Trinajstić information content (AvgIpc) is 2.73. The molecule has 1 aliphatic heterocycles. The van der Waals surface area contributed by atoms with E-state index in [1.807, 2.05) is 12.1 Å². The van der Waals surface area contributed by atoms with Crippen LogP contribution < -0.4 is 10.1 Å². The molecule has 154 valence electrons. The van der Waals surface area contributed by atoms with Crippen LogP contribution in [0.1, 0.15) is 41.3 Å². The normalized spacial score (nSPS) is 15.1. The Morgan fingerprint density at radius 2 is 1.93 bits per heavy atom. The second-order valence-corrected chi connectivity index (χ2v) is 7.61. The molecule has 2 aromatic rings. The number of benzene rings is 2. The monoisotopic (exact) mass is 397 g/mol. The lowest BCUT2D eigenvalue weighted by molar-refractivity contribution is -0.385. The fraction of sp³-hybridized carbons (Fsp3) is 0.409. The first kappa shape index (κ1) is 20.8. The molecule has 1 fully saturated rings. The molecule has 0 aliphatic carbocycles.